The highest BCUT2D eigenvalue weighted by atomic mass is 19.4. The molecule has 3 aromatic heterocycles. The Morgan fingerprint density at radius 2 is 1.16 bits per heavy atom. The quantitative estimate of drug-likeness (QED) is 0.140. The van der Waals surface area contributed by atoms with E-state index in [1.54, 1.807) is 67.7 Å². The lowest BCUT2D eigenvalue weighted by Gasteiger charge is -2.13. The van der Waals surface area contributed by atoms with Crippen molar-refractivity contribution in [3.05, 3.63) is 138 Å². The molecule has 17 heteroatoms. The number of hydrogen-bond donors (Lipinski definition) is 2. The monoisotopic (exact) mass is 768 g/mol. The molecule has 0 unspecified atom stereocenters. The maximum absolute atomic E-state index is 13.7. The molecule has 56 heavy (non-hydrogen) atoms. The van der Waals surface area contributed by atoms with Crippen LogP contribution in [0.3, 0.4) is 0 Å². The summed E-state index contributed by atoms with van der Waals surface area (Å²) in [5.74, 6) is -2.11. The highest BCUT2D eigenvalue weighted by Crippen LogP contribution is 2.36. The van der Waals surface area contributed by atoms with Crippen LogP contribution in [0.5, 0.6) is 0 Å². The summed E-state index contributed by atoms with van der Waals surface area (Å²) < 4.78 is 84.0. The zero-order chi connectivity index (χ0) is 39.8. The van der Waals surface area contributed by atoms with Gasteiger partial charge in [0.25, 0.3) is 5.91 Å². The molecule has 0 atom stereocenters. The molecular weight excluding hydrogens is 742 g/mol. The van der Waals surface area contributed by atoms with Crippen LogP contribution in [-0.2, 0) is 12.4 Å². The number of carboxylic acids is 1. The summed E-state index contributed by atoms with van der Waals surface area (Å²) in [7, 11) is 0. The van der Waals surface area contributed by atoms with Crippen molar-refractivity contribution in [2.24, 2.45) is 0 Å². The van der Waals surface area contributed by atoms with Gasteiger partial charge in [0.1, 0.15) is 11.4 Å². The molecule has 1 amide bonds. The second kappa shape index (κ2) is 14.6. The molecule has 2 N–H and O–H groups in total. The van der Waals surface area contributed by atoms with E-state index in [4.69, 9.17) is 0 Å². The summed E-state index contributed by atoms with van der Waals surface area (Å²) in [6, 6.07) is 24.0. The molecule has 4 aromatic carbocycles. The van der Waals surface area contributed by atoms with Crippen molar-refractivity contribution >= 4 is 11.9 Å². The topological polar surface area (TPSA) is 141 Å². The number of nitrogens with one attached hydrogen (secondary N) is 1. The van der Waals surface area contributed by atoms with Crippen molar-refractivity contribution in [1.29, 1.82) is 0 Å². The Hall–Kier alpha value is -7.17. The van der Waals surface area contributed by atoms with Crippen LogP contribution < -0.4 is 5.32 Å². The molecule has 0 bridgehead atoms. The van der Waals surface area contributed by atoms with Crippen LogP contribution in [0.1, 0.15) is 38.8 Å². The molecule has 0 saturated carbocycles. The van der Waals surface area contributed by atoms with Gasteiger partial charge in [-0.05, 0) is 89.8 Å². The number of rotatable bonds is 9. The number of pyridine rings is 1. The van der Waals surface area contributed by atoms with Crippen molar-refractivity contribution in [3.8, 4) is 56.4 Å². The summed E-state index contributed by atoms with van der Waals surface area (Å²) in [6.07, 6.45) is -6.34. The smallest absolute Gasteiger partial charge is 0.417 e. The first-order valence-corrected chi connectivity index (χ1v) is 16.7. The number of carboxylic acid groups (broad SMARTS) is 1. The highest BCUT2D eigenvalue weighted by Gasteiger charge is 2.36. The van der Waals surface area contributed by atoms with Gasteiger partial charge in [0, 0.05) is 12.1 Å². The first-order chi connectivity index (χ1) is 26.7. The van der Waals surface area contributed by atoms with E-state index in [-0.39, 0.29) is 33.9 Å². The van der Waals surface area contributed by atoms with Gasteiger partial charge in [0.2, 0.25) is 0 Å². The predicted octanol–water partition coefficient (Wildman–Crippen LogP) is 8.40. The molecule has 7 aromatic rings. The van der Waals surface area contributed by atoms with Gasteiger partial charge >= 0.3 is 18.3 Å². The normalized spacial score (nSPS) is 11.8. The van der Waals surface area contributed by atoms with Crippen molar-refractivity contribution in [2.45, 2.75) is 19.3 Å². The molecule has 7 rings (SSSR count). The minimum atomic E-state index is -4.90. The van der Waals surface area contributed by atoms with E-state index < -0.39 is 40.9 Å². The minimum absolute atomic E-state index is 0.126. The van der Waals surface area contributed by atoms with Crippen LogP contribution in [0, 0.1) is 0 Å². The maximum atomic E-state index is 13.7. The molecule has 3 heterocycles. The molecule has 11 nitrogen and oxygen atoms in total. The maximum Gasteiger partial charge on any atom is 0.417 e. The standard InChI is InChI=1S/C39H26F6N8O3/c1-2-46-36(54)26-18-32(34-20-52(50-48-34)28-10-4-7-23(15-28)22-6-3-9-27(14-22)38(40,41)42)47-33(19-26)35-21-53(51-49-35)29-11-5-8-24(16-29)25-12-13-30(37(55)56)31(17-25)39(43,44)45/h3-21H,2H2,1H3,(H,46,54)(H,55,56). The predicted molar refractivity (Wildman–Crippen MR) is 191 cm³/mol. The third-order valence-corrected chi connectivity index (χ3v) is 8.57. The minimum Gasteiger partial charge on any atom is -0.478 e. The van der Waals surface area contributed by atoms with Crippen LogP contribution in [0.4, 0.5) is 26.3 Å². The molecular formula is C39H26F6N8O3. The summed E-state index contributed by atoms with van der Waals surface area (Å²) in [5, 5.41) is 28.9. The number of hydrogen-bond acceptors (Lipinski definition) is 7. The lowest BCUT2D eigenvalue weighted by Crippen LogP contribution is -2.22. The van der Waals surface area contributed by atoms with Gasteiger partial charge in [-0.2, -0.15) is 26.3 Å². The molecule has 0 saturated heterocycles. The summed E-state index contributed by atoms with van der Waals surface area (Å²) in [4.78, 5) is 29.2. The number of halogens is 6. The first-order valence-electron chi connectivity index (χ1n) is 16.7. The zero-order valence-electron chi connectivity index (χ0n) is 28.8. The molecule has 282 valence electrons. The van der Waals surface area contributed by atoms with Gasteiger partial charge in [0.05, 0.1) is 51.8 Å². The van der Waals surface area contributed by atoms with Gasteiger partial charge in [0.15, 0.2) is 0 Å². The van der Waals surface area contributed by atoms with Gasteiger partial charge in [-0.1, -0.05) is 52.9 Å². The number of aromatic carboxylic acids is 1. The number of amides is 1. The summed E-state index contributed by atoms with van der Waals surface area (Å²) in [6.45, 7) is 2.09. The number of aromatic nitrogens is 7. The van der Waals surface area contributed by atoms with Gasteiger partial charge in [-0.15, -0.1) is 10.2 Å². The molecule has 0 spiro atoms. The molecule has 0 aliphatic heterocycles. The fraction of sp³-hybridized carbons (Fsp3) is 0.103. The van der Waals surface area contributed by atoms with Crippen molar-refractivity contribution < 1.29 is 41.0 Å². The Morgan fingerprint density at radius 1 is 0.643 bits per heavy atom. The van der Waals surface area contributed by atoms with E-state index in [0.717, 1.165) is 24.3 Å². The molecule has 0 aliphatic rings. The molecule has 0 fully saturated rings. The second-order valence-electron chi connectivity index (χ2n) is 12.3. The Bertz CT molecular complexity index is 2610. The van der Waals surface area contributed by atoms with Crippen molar-refractivity contribution in [3.63, 3.8) is 0 Å². The third kappa shape index (κ3) is 7.73. The fourth-order valence-electron chi connectivity index (χ4n) is 5.88. The van der Waals surface area contributed by atoms with Crippen LogP contribution >= 0.6 is 0 Å². The van der Waals surface area contributed by atoms with Gasteiger partial charge in [-0.3, -0.25) is 4.79 Å². The first kappa shape index (κ1) is 37.2. The Morgan fingerprint density at radius 3 is 1.66 bits per heavy atom. The second-order valence-corrected chi connectivity index (χ2v) is 12.3. The van der Waals surface area contributed by atoms with Crippen LogP contribution in [0.25, 0.3) is 56.4 Å². The van der Waals surface area contributed by atoms with Crippen LogP contribution in [0.2, 0.25) is 0 Å². The Kier molecular flexibility index (Phi) is 9.67. The molecule has 0 radical (unpaired) electrons. The van der Waals surface area contributed by atoms with Gasteiger partial charge in [-0.25, -0.2) is 19.1 Å². The van der Waals surface area contributed by atoms with E-state index in [1.807, 2.05) is 0 Å². The lowest BCUT2D eigenvalue weighted by molar-refractivity contribution is -0.138. The number of nitrogens with zero attached hydrogens (tertiary/aromatic N) is 7. The van der Waals surface area contributed by atoms with Crippen molar-refractivity contribution in [1.82, 2.24) is 40.3 Å². The van der Waals surface area contributed by atoms with E-state index in [0.29, 0.717) is 34.6 Å². The SMILES string of the molecule is CCNC(=O)c1cc(-c2cn(-c3cccc(-c4cccc(C(F)(F)F)c4)c3)nn2)nc(-c2cn(-c3cccc(-c4ccc(C(=O)O)c(C(F)(F)F)c4)c3)nn2)c1. The number of alkyl halides is 6. The van der Waals surface area contributed by atoms with Crippen LogP contribution in [0.15, 0.2) is 116 Å². The van der Waals surface area contributed by atoms with E-state index in [2.05, 4.69) is 30.9 Å². The van der Waals surface area contributed by atoms with E-state index in [1.165, 1.54) is 39.8 Å². The fourth-order valence-corrected chi connectivity index (χ4v) is 5.88. The van der Waals surface area contributed by atoms with Crippen LogP contribution in [-0.4, -0.2) is 58.5 Å². The van der Waals surface area contributed by atoms with E-state index in [9.17, 15) is 41.0 Å². The lowest BCUT2D eigenvalue weighted by atomic mass is 9.98. The average molecular weight is 769 g/mol. The summed E-state index contributed by atoms with van der Waals surface area (Å²) >= 11 is 0. The highest BCUT2D eigenvalue weighted by molar-refractivity contribution is 5.96. The van der Waals surface area contributed by atoms with Gasteiger partial charge < -0.3 is 10.4 Å². The molecule has 0 aliphatic carbocycles. The number of carbonyl (C=O) groups is 2. The average Bonchev–Trinajstić information content (AvgIpc) is 3.89. The Labute approximate surface area is 312 Å². The number of carbonyl (C=O) groups excluding carboxylic acids is 1. The zero-order valence-corrected chi connectivity index (χ0v) is 28.8. The third-order valence-electron chi connectivity index (χ3n) is 8.57. The van der Waals surface area contributed by atoms with Crippen molar-refractivity contribution in [2.75, 3.05) is 6.54 Å². The number of benzene rings is 4. The van der Waals surface area contributed by atoms with E-state index >= 15 is 0 Å². The largest absolute Gasteiger partial charge is 0.478 e. The Balaban J connectivity index is 1.21. The summed E-state index contributed by atoms with van der Waals surface area (Å²) in [5.41, 5.74) is 0.495.